The lowest BCUT2D eigenvalue weighted by atomic mass is 10.1. The van der Waals surface area contributed by atoms with Gasteiger partial charge in [-0.25, -0.2) is 4.39 Å². The van der Waals surface area contributed by atoms with Crippen LogP contribution in [0.1, 0.15) is 11.3 Å². The van der Waals surface area contributed by atoms with Crippen LogP contribution in [-0.4, -0.2) is 11.6 Å². The summed E-state index contributed by atoms with van der Waals surface area (Å²) in [6.07, 6.45) is 0. The molecule has 0 bridgehead atoms. The summed E-state index contributed by atoms with van der Waals surface area (Å²) in [5, 5.41) is 0. The average molecular weight is 312 g/mol. The Morgan fingerprint density at radius 2 is 1.73 bits per heavy atom. The maximum absolute atomic E-state index is 13.1. The van der Waals surface area contributed by atoms with E-state index in [0.29, 0.717) is 0 Å². The van der Waals surface area contributed by atoms with E-state index in [2.05, 4.69) is 28.6 Å². The van der Waals surface area contributed by atoms with E-state index in [0.717, 1.165) is 27.5 Å². The second-order valence-corrected chi connectivity index (χ2v) is 6.08. The van der Waals surface area contributed by atoms with Gasteiger partial charge in [-0.3, -0.25) is 4.99 Å². The van der Waals surface area contributed by atoms with Gasteiger partial charge in [-0.1, -0.05) is 53.8 Å². The molecule has 0 N–H and O–H groups in total. The molecule has 3 aromatic rings. The average Bonchev–Trinajstić information content (AvgIpc) is 2.86. The third kappa shape index (κ3) is 2.88. The normalized spacial score (nSPS) is 11.9. The molecule has 0 atom stereocenters. The monoisotopic (exact) mass is 312 g/mol. The molecule has 3 rings (SSSR count). The molecule has 112 valence electrons. The highest BCUT2D eigenvalue weighted by Gasteiger charge is 2.11. The molecule has 0 radical (unpaired) electrons. The van der Waals surface area contributed by atoms with E-state index < -0.39 is 0 Å². The van der Waals surface area contributed by atoms with E-state index in [9.17, 15) is 4.39 Å². The predicted octanol–water partition coefficient (Wildman–Crippen LogP) is 4.24. The maximum Gasteiger partial charge on any atom is 0.185 e. The van der Waals surface area contributed by atoms with Gasteiger partial charge in [-0.15, -0.1) is 0 Å². The molecule has 0 spiro atoms. The third-order valence-corrected chi connectivity index (χ3v) is 4.96. The quantitative estimate of drug-likeness (QED) is 0.688. The molecular formula is C18H17FN2S. The number of aromatic nitrogens is 1. The van der Waals surface area contributed by atoms with Crippen LogP contribution in [0.3, 0.4) is 0 Å². The van der Waals surface area contributed by atoms with Crippen molar-refractivity contribution in [2.24, 2.45) is 4.99 Å². The minimum Gasteiger partial charge on any atom is -0.316 e. The van der Waals surface area contributed by atoms with E-state index in [1.165, 1.54) is 17.7 Å². The SMILES string of the molecule is CN=c1sc(-c2ccc(F)cc2)c(C)n1Cc1ccccc1. The zero-order valence-corrected chi connectivity index (χ0v) is 13.4. The van der Waals surface area contributed by atoms with Crippen molar-refractivity contribution in [1.29, 1.82) is 0 Å². The number of hydrogen-bond donors (Lipinski definition) is 0. The molecule has 0 amide bonds. The summed E-state index contributed by atoms with van der Waals surface area (Å²) in [5.74, 6) is -0.212. The van der Waals surface area contributed by atoms with Gasteiger partial charge in [0.05, 0.1) is 11.4 Å². The van der Waals surface area contributed by atoms with Crippen molar-refractivity contribution in [2.45, 2.75) is 13.5 Å². The molecule has 4 heteroatoms. The van der Waals surface area contributed by atoms with Crippen LogP contribution < -0.4 is 4.80 Å². The van der Waals surface area contributed by atoms with Crippen molar-refractivity contribution in [3.8, 4) is 10.4 Å². The number of rotatable bonds is 3. The summed E-state index contributed by atoms with van der Waals surface area (Å²) in [6, 6.07) is 17.0. The van der Waals surface area contributed by atoms with Crippen LogP contribution in [0.15, 0.2) is 59.6 Å². The molecular weight excluding hydrogens is 295 g/mol. The van der Waals surface area contributed by atoms with E-state index in [1.807, 2.05) is 30.3 Å². The van der Waals surface area contributed by atoms with Gasteiger partial charge in [-0.2, -0.15) is 0 Å². The first-order valence-corrected chi connectivity index (χ1v) is 7.93. The van der Waals surface area contributed by atoms with Gasteiger partial charge in [0.15, 0.2) is 4.80 Å². The second kappa shape index (κ2) is 6.28. The zero-order chi connectivity index (χ0) is 15.5. The lowest BCUT2D eigenvalue weighted by Gasteiger charge is -2.07. The maximum atomic E-state index is 13.1. The van der Waals surface area contributed by atoms with Gasteiger partial charge in [0.25, 0.3) is 0 Å². The summed E-state index contributed by atoms with van der Waals surface area (Å²) in [4.78, 5) is 6.51. The number of benzene rings is 2. The molecule has 1 heterocycles. The standard InChI is InChI=1S/C18H17FN2S/c1-13-17(15-8-10-16(19)11-9-15)22-18(20-2)21(13)12-14-6-4-3-5-7-14/h3-11H,12H2,1-2H3. The molecule has 1 aromatic heterocycles. The van der Waals surface area contributed by atoms with Crippen molar-refractivity contribution >= 4 is 11.3 Å². The van der Waals surface area contributed by atoms with Crippen molar-refractivity contribution < 1.29 is 4.39 Å². The molecule has 0 fully saturated rings. The Kier molecular flexibility index (Phi) is 4.20. The lowest BCUT2D eigenvalue weighted by molar-refractivity contribution is 0.628. The van der Waals surface area contributed by atoms with E-state index >= 15 is 0 Å². The Morgan fingerprint density at radius 3 is 2.36 bits per heavy atom. The van der Waals surface area contributed by atoms with E-state index in [4.69, 9.17) is 0 Å². The Labute approximate surface area is 133 Å². The highest BCUT2D eigenvalue weighted by atomic mass is 32.1. The zero-order valence-electron chi connectivity index (χ0n) is 12.6. The lowest BCUT2D eigenvalue weighted by Crippen LogP contribution is -2.16. The predicted molar refractivity (Wildman–Crippen MR) is 89.5 cm³/mol. The first-order chi connectivity index (χ1) is 10.7. The summed E-state index contributed by atoms with van der Waals surface area (Å²) in [6.45, 7) is 2.88. The Hall–Kier alpha value is -2.20. The number of hydrogen-bond acceptors (Lipinski definition) is 2. The Morgan fingerprint density at radius 1 is 1.05 bits per heavy atom. The van der Waals surface area contributed by atoms with Gasteiger partial charge in [0, 0.05) is 12.7 Å². The molecule has 0 aliphatic heterocycles. The summed E-state index contributed by atoms with van der Waals surface area (Å²) >= 11 is 1.64. The molecule has 2 nitrogen and oxygen atoms in total. The topological polar surface area (TPSA) is 17.3 Å². The van der Waals surface area contributed by atoms with Gasteiger partial charge >= 0.3 is 0 Å². The largest absolute Gasteiger partial charge is 0.316 e. The van der Waals surface area contributed by atoms with Crippen LogP contribution in [0.5, 0.6) is 0 Å². The van der Waals surface area contributed by atoms with Gasteiger partial charge in [-0.05, 0) is 30.2 Å². The highest BCUT2D eigenvalue weighted by Crippen LogP contribution is 2.27. The Bertz CT molecular complexity index is 830. The minimum absolute atomic E-state index is 0.212. The Balaban J connectivity index is 2.06. The van der Waals surface area contributed by atoms with Crippen molar-refractivity contribution in [2.75, 3.05) is 7.05 Å². The van der Waals surface area contributed by atoms with Crippen molar-refractivity contribution in [3.63, 3.8) is 0 Å². The van der Waals surface area contributed by atoms with Crippen molar-refractivity contribution in [1.82, 2.24) is 4.57 Å². The van der Waals surface area contributed by atoms with Crippen LogP contribution in [0.4, 0.5) is 4.39 Å². The molecule has 22 heavy (non-hydrogen) atoms. The van der Waals surface area contributed by atoms with Crippen LogP contribution in [-0.2, 0) is 6.54 Å². The molecule has 2 aromatic carbocycles. The van der Waals surface area contributed by atoms with Crippen LogP contribution >= 0.6 is 11.3 Å². The molecule has 0 aliphatic rings. The minimum atomic E-state index is -0.212. The van der Waals surface area contributed by atoms with E-state index in [1.54, 1.807) is 18.4 Å². The number of nitrogens with zero attached hydrogens (tertiary/aromatic N) is 2. The summed E-state index contributed by atoms with van der Waals surface area (Å²) in [7, 11) is 1.81. The van der Waals surface area contributed by atoms with Crippen LogP contribution in [0.25, 0.3) is 10.4 Å². The summed E-state index contributed by atoms with van der Waals surface area (Å²) < 4.78 is 15.3. The smallest absolute Gasteiger partial charge is 0.185 e. The fourth-order valence-corrected chi connectivity index (χ4v) is 3.57. The molecule has 0 saturated carbocycles. The highest BCUT2D eigenvalue weighted by molar-refractivity contribution is 7.13. The molecule has 0 aliphatic carbocycles. The second-order valence-electron chi connectivity index (χ2n) is 5.10. The van der Waals surface area contributed by atoms with Gasteiger partial charge in [0.2, 0.25) is 0 Å². The molecule has 0 unspecified atom stereocenters. The molecule has 0 saturated heterocycles. The van der Waals surface area contributed by atoms with Gasteiger partial charge < -0.3 is 4.57 Å². The fourth-order valence-electron chi connectivity index (χ4n) is 2.47. The third-order valence-electron chi connectivity index (χ3n) is 3.64. The van der Waals surface area contributed by atoms with Gasteiger partial charge in [0.1, 0.15) is 5.82 Å². The van der Waals surface area contributed by atoms with Crippen LogP contribution in [0, 0.1) is 12.7 Å². The van der Waals surface area contributed by atoms with Crippen LogP contribution in [0.2, 0.25) is 0 Å². The summed E-state index contributed by atoms with van der Waals surface area (Å²) in [5.41, 5.74) is 3.42. The van der Waals surface area contributed by atoms with E-state index in [-0.39, 0.29) is 5.82 Å². The number of halogens is 1. The van der Waals surface area contributed by atoms with Crippen molar-refractivity contribution in [3.05, 3.63) is 76.5 Å². The fraction of sp³-hybridized carbons (Fsp3) is 0.167. The first kappa shape index (κ1) is 14.7. The number of thiazole rings is 1. The first-order valence-electron chi connectivity index (χ1n) is 7.12.